The third kappa shape index (κ3) is 7.34. The summed E-state index contributed by atoms with van der Waals surface area (Å²) < 4.78 is 10.9. The highest BCUT2D eigenvalue weighted by molar-refractivity contribution is 5.87. The van der Waals surface area contributed by atoms with Crippen LogP contribution in [0.25, 0.3) is 0 Å². The fourth-order valence-electron chi connectivity index (χ4n) is 3.65. The maximum Gasteiger partial charge on any atom is 0.336 e. The Hall–Kier alpha value is -2.92. The summed E-state index contributed by atoms with van der Waals surface area (Å²) in [7, 11) is 0. The summed E-state index contributed by atoms with van der Waals surface area (Å²) in [5, 5.41) is 3.33. The first-order valence-electron chi connectivity index (χ1n) is 11.4. The number of hydrogen-bond acceptors (Lipinski definition) is 5. The van der Waals surface area contributed by atoms with Gasteiger partial charge in [0.25, 0.3) is 0 Å². The van der Waals surface area contributed by atoms with Crippen LogP contribution in [0.5, 0.6) is 0 Å². The molecule has 2 aromatic rings. The molecular formula is C27H35NO4. The molecule has 0 amide bonds. The van der Waals surface area contributed by atoms with Crippen molar-refractivity contribution in [2.45, 2.75) is 51.0 Å². The zero-order valence-electron chi connectivity index (χ0n) is 19.1. The summed E-state index contributed by atoms with van der Waals surface area (Å²) in [6.45, 7) is 6.38. The minimum absolute atomic E-state index is 0.106. The van der Waals surface area contributed by atoms with Gasteiger partial charge in [0.15, 0.2) is 5.54 Å². The molecule has 0 unspecified atom stereocenters. The highest BCUT2D eigenvalue weighted by atomic mass is 16.5. The van der Waals surface area contributed by atoms with E-state index < -0.39 is 11.5 Å². The number of unbranched alkanes of at least 4 members (excludes halogenated alkanes) is 4. The second-order valence-corrected chi connectivity index (χ2v) is 7.68. The Kier molecular flexibility index (Phi) is 11.2. The highest BCUT2D eigenvalue weighted by Gasteiger charge is 2.43. The van der Waals surface area contributed by atoms with Crippen molar-refractivity contribution >= 4 is 11.9 Å². The summed E-state index contributed by atoms with van der Waals surface area (Å²) in [6.07, 6.45) is 7.38. The fraction of sp³-hybridized carbons (Fsp3) is 0.407. The Bertz CT molecular complexity index is 781. The van der Waals surface area contributed by atoms with Crippen molar-refractivity contribution < 1.29 is 19.1 Å². The average Bonchev–Trinajstić information content (AvgIpc) is 2.83. The van der Waals surface area contributed by atoms with Gasteiger partial charge in [-0.2, -0.15) is 0 Å². The lowest BCUT2D eigenvalue weighted by Crippen LogP contribution is -2.52. The van der Waals surface area contributed by atoms with Gasteiger partial charge < -0.3 is 9.47 Å². The van der Waals surface area contributed by atoms with Gasteiger partial charge in [0.2, 0.25) is 0 Å². The SMILES string of the molecule is C=CCOC(=O)C(NCCOC(=O)CCCCCCC)(c1ccccc1)c1ccccc1. The maximum absolute atomic E-state index is 13.3. The van der Waals surface area contributed by atoms with E-state index in [1.807, 2.05) is 60.7 Å². The Morgan fingerprint density at radius 1 is 0.906 bits per heavy atom. The fourth-order valence-corrected chi connectivity index (χ4v) is 3.65. The van der Waals surface area contributed by atoms with Crippen LogP contribution in [0.4, 0.5) is 0 Å². The van der Waals surface area contributed by atoms with E-state index in [9.17, 15) is 9.59 Å². The maximum atomic E-state index is 13.3. The molecule has 0 heterocycles. The van der Waals surface area contributed by atoms with Crippen LogP contribution in [-0.4, -0.2) is 31.7 Å². The summed E-state index contributed by atoms with van der Waals surface area (Å²) in [4.78, 5) is 25.4. The average molecular weight is 438 g/mol. The van der Waals surface area contributed by atoms with Crippen LogP contribution >= 0.6 is 0 Å². The molecule has 0 aromatic heterocycles. The molecule has 0 radical (unpaired) electrons. The molecule has 0 spiro atoms. The van der Waals surface area contributed by atoms with Gasteiger partial charge in [-0.25, -0.2) is 4.79 Å². The molecule has 5 nitrogen and oxygen atoms in total. The van der Waals surface area contributed by atoms with E-state index in [0.717, 1.165) is 30.4 Å². The Balaban J connectivity index is 2.11. The molecule has 172 valence electrons. The van der Waals surface area contributed by atoms with E-state index >= 15 is 0 Å². The zero-order chi connectivity index (χ0) is 23.1. The second kappa shape index (κ2) is 14.2. The van der Waals surface area contributed by atoms with E-state index in [2.05, 4.69) is 18.8 Å². The third-order valence-electron chi connectivity index (χ3n) is 5.29. The van der Waals surface area contributed by atoms with Crippen molar-refractivity contribution in [2.75, 3.05) is 19.8 Å². The van der Waals surface area contributed by atoms with Gasteiger partial charge in [-0.05, 0) is 17.5 Å². The summed E-state index contributed by atoms with van der Waals surface area (Å²) >= 11 is 0. The molecule has 0 fully saturated rings. The van der Waals surface area contributed by atoms with Crippen LogP contribution in [0.2, 0.25) is 0 Å². The molecule has 0 aliphatic rings. The molecule has 0 aliphatic carbocycles. The molecule has 2 rings (SSSR count). The Morgan fingerprint density at radius 2 is 1.50 bits per heavy atom. The highest BCUT2D eigenvalue weighted by Crippen LogP contribution is 2.31. The number of esters is 2. The molecule has 5 heteroatoms. The van der Waals surface area contributed by atoms with Crippen molar-refractivity contribution in [3.63, 3.8) is 0 Å². The van der Waals surface area contributed by atoms with Crippen LogP contribution in [0.15, 0.2) is 73.3 Å². The van der Waals surface area contributed by atoms with Gasteiger partial charge in [-0.3, -0.25) is 10.1 Å². The topological polar surface area (TPSA) is 64.6 Å². The van der Waals surface area contributed by atoms with Crippen LogP contribution in [-0.2, 0) is 24.6 Å². The predicted octanol–water partition coefficient (Wildman–Crippen LogP) is 5.15. The van der Waals surface area contributed by atoms with Crippen molar-refractivity contribution in [3.05, 3.63) is 84.4 Å². The lowest BCUT2D eigenvalue weighted by molar-refractivity contribution is -0.149. The molecule has 0 atom stereocenters. The van der Waals surface area contributed by atoms with E-state index in [0.29, 0.717) is 13.0 Å². The summed E-state index contributed by atoms with van der Waals surface area (Å²) in [5.74, 6) is -0.639. The van der Waals surface area contributed by atoms with Gasteiger partial charge in [0.1, 0.15) is 13.2 Å². The van der Waals surface area contributed by atoms with Crippen molar-refractivity contribution in [3.8, 4) is 0 Å². The smallest absolute Gasteiger partial charge is 0.336 e. The summed E-state index contributed by atoms with van der Waals surface area (Å²) in [6, 6.07) is 18.9. The predicted molar refractivity (Wildman–Crippen MR) is 127 cm³/mol. The number of rotatable bonds is 15. The third-order valence-corrected chi connectivity index (χ3v) is 5.29. The van der Waals surface area contributed by atoms with E-state index in [1.165, 1.54) is 12.8 Å². The van der Waals surface area contributed by atoms with Gasteiger partial charge in [0, 0.05) is 13.0 Å². The van der Waals surface area contributed by atoms with E-state index in [4.69, 9.17) is 9.47 Å². The minimum Gasteiger partial charge on any atom is -0.464 e. The lowest BCUT2D eigenvalue weighted by atomic mass is 9.82. The minimum atomic E-state index is -1.22. The Morgan fingerprint density at radius 3 is 2.06 bits per heavy atom. The van der Waals surface area contributed by atoms with Gasteiger partial charge in [-0.15, -0.1) is 0 Å². The van der Waals surface area contributed by atoms with Gasteiger partial charge in [-0.1, -0.05) is 106 Å². The van der Waals surface area contributed by atoms with Gasteiger partial charge >= 0.3 is 11.9 Å². The normalized spacial score (nSPS) is 11.0. The van der Waals surface area contributed by atoms with Crippen LogP contribution < -0.4 is 5.32 Å². The van der Waals surface area contributed by atoms with E-state index in [-0.39, 0.29) is 19.2 Å². The molecule has 32 heavy (non-hydrogen) atoms. The van der Waals surface area contributed by atoms with Crippen molar-refractivity contribution in [2.24, 2.45) is 0 Å². The quantitative estimate of drug-likeness (QED) is 0.237. The molecule has 1 N–H and O–H groups in total. The largest absolute Gasteiger partial charge is 0.464 e. The summed E-state index contributed by atoms with van der Waals surface area (Å²) in [5.41, 5.74) is 0.281. The van der Waals surface area contributed by atoms with Crippen molar-refractivity contribution in [1.29, 1.82) is 0 Å². The first kappa shape index (κ1) is 25.3. The second-order valence-electron chi connectivity index (χ2n) is 7.68. The number of nitrogens with one attached hydrogen (secondary N) is 1. The standard InChI is InChI=1S/C27H35NO4/c1-3-5-6-7-14-19-25(29)31-22-20-28-27(26(30)32-21-4-2,23-15-10-8-11-16-23)24-17-12-9-13-18-24/h4,8-13,15-18,28H,2-3,5-7,14,19-22H2,1H3. The van der Waals surface area contributed by atoms with Crippen LogP contribution in [0.3, 0.4) is 0 Å². The molecule has 0 aliphatic heterocycles. The zero-order valence-corrected chi connectivity index (χ0v) is 19.1. The number of carbonyl (C=O) groups is 2. The molecule has 0 saturated heterocycles. The molecule has 0 bridgehead atoms. The van der Waals surface area contributed by atoms with E-state index in [1.54, 1.807) is 6.08 Å². The number of hydrogen-bond donors (Lipinski definition) is 1. The van der Waals surface area contributed by atoms with Crippen LogP contribution in [0.1, 0.15) is 56.6 Å². The Labute approximate surface area is 191 Å². The monoisotopic (exact) mass is 437 g/mol. The lowest BCUT2D eigenvalue weighted by Gasteiger charge is -2.33. The molecule has 2 aromatic carbocycles. The van der Waals surface area contributed by atoms with Crippen molar-refractivity contribution in [1.82, 2.24) is 5.32 Å². The van der Waals surface area contributed by atoms with Gasteiger partial charge in [0.05, 0.1) is 0 Å². The number of carbonyl (C=O) groups excluding carboxylic acids is 2. The number of ether oxygens (including phenoxy) is 2. The first-order chi connectivity index (χ1) is 15.6. The van der Waals surface area contributed by atoms with Crippen LogP contribution in [0, 0.1) is 0 Å². The first-order valence-corrected chi connectivity index (χ1v) is 11.4. The number of benzene rings is 2. The molecule has 0 saturated carbocycles. The molecular weight excluding hydrogens is 402 g/mol.